The van der Waals surface area contributed by atoms with Gasteiger partial charge in [-0.15, -0.1) is 0 Å². The Morgan fingerprint density at radius 1 is 0.900 bits per heavy atom. The van der Waals surface area contributed by atoms with Gasteiger partial charge in [0.2, 0.25) is 5.91 Å². The largest absolute Gasteiger partial charge is 0.497 e. The van der Waals surface area contributed by atoms with Crippen molar-refractivity contribution in [1.82, 2.24) is 5.43 Å². The predicted octanol–water partition coefficient (Wildman–Crippen LogP) is 3.07. The van der Waals surface area contributed by atoms with Gasteiger partial charge in [-0.1, -0.05) is 13.8 Å². The van der Waals surface area contributed by atoms with Crippen LogP contribution >= 0.6 is 0 Å². The summed E-state index contributed by atoms with van der Waals surface area (Å²) in [6, 6.07) is 12.1. The van der Waals surface area contributed by atoms with E-state index in [4.69, 9.17) is 14.2 Å². The third-order valence-electron chi connectivity index (χ3n) is 4.39. The Hall–Kier alpha value is -3.55. The first-order chi connectivity index (χ1) is 14.4. The molecule has 30 heavy (non-hydrogen) atoms. The molecule has 0 aromatic heterocycles. The lowest BCUT2D eigenvalue weighted by Crippen LogP contribution is -2.39. The van der Waals surface area contributed by atoms with Gasteiger partial charge in [-0.3, -0.25) is 9.59 Å². The first-order valence-electron chi connectivity index (χ1n) is 9.39. The number of carbonyl (C=O) groups is 2. The van der Waals surface area contributed by atoms with Crippen LogP contribution in [0.25, 0.3) is 0 Å². The Kier molecular flexibility index (Phi) is 8.22. The normalized spacial score (nSPS) is 11.8. The van der Waals surface area contributed by atoms with Crippen LogP contribution in [0.5, 0.6) is 17.2 Å². The summed E-state index contributed by atoms with van der Waals surface area (Å²) in [6.07, 6.45) is 1.47. The Morgan fingerprint density at radius 3 is 2.13 bits per heavy atom. The molecule has 8 heteroatoms. The molecular weight excluding hydrogens is 386 g/mol. The second-order valence-corrected chi connectivity index (χ2v) is 6.79. The maximum absolute atomic E-state index is 12.7. The van der Waals surface area contributed by atoms with E-state index in [1.807, 2.05) is 0 Å². The molecule has 0 spiro atoms. The predicted molar refractivity (Wildman–Crippen MR) is 115 cm³/mol. The van der Waals surface area contributed by atoms with Crippen LogP contribution in [0.15, 0.2) is 47.6 Å². The maximum Gasteiger partial charge on any atom is 0.252 e. The highest BCUT2D eigenvalue weighted by molar-refractivity contribution is 6.06. The SMILES string of the molecule is COc1ccc(NC(=O)C(C(=O)NN=Cc2ccc(OC)c(OC)c2)C(C)C)cc1. The Labute approximate surface area is 176 Å². The van der Waals surface area contributed by atoms with Gasteiger partial charge in [0.05, 0.1) is 27.5 Å². The number of hydrazone groups is 1. The summed E-state index contributed by atoms with van der Waals surface area (Å²) in [4.78, 5) is 25.2. The van der Waals surface area contributed by atoms with Crippen molar-refractivity contribution in [2.75, 3.05) is 26.6 Å². The van der Waals surface area contributed by atoms with E-state index in [2.05, 4.69) is 15.8 Å². The minimum Gasteiger partial charge on any atom is -0.497 e. The number of amides is 2. The van der Waals surface area contributed by atoms with E-state index in [1.54, 1.807) is 70.5 Å². The Balaban J connectivity index is 2.04. The average molecular weight is 413 g/mol. The third-order valence-corrected chi connectivity index (χ3v) is 4.39. The highest BCUT2D eigenvalue weighted by Gasteiger charge is 2.29. The second kappa shape index (κ2) is 10.8. The van der Waals surface area contributed by atoms with Crippen molar-refractivity contribution in [2.24, 2.45) is 16.9 Å². The zero-order chi connectivity index (χ0) is 22.1. The summed E-state index contributed by atoms with van der Waals surface area (Å²) in [5.41, 5.74) is 3.72. The Bertz CT molecular complexity index is 894. The molecule has 0 fully saturated rings. The minimum absolute atomic E-state index is 0.223. The van der Waals surface area contributed by atoms with Crippen molar-refractivity contribution < 1.29 is 23.8 Å². The lowest BCUT2D eigenvalue weighted by Gasteiger charge is -2.18. The van der Waals surface area contributed by atoms with Gasteiger partial charge in [0.25, 0.3) is 5.91 Å². The van der Waals surface area contributed by atoms with Crippen LogP contribution in [0.4, 0.5) is 5.69 Å². The highest BCUT2D eigenvalue weighted by atomic mass is 16.5. The number of nitrogens with zero attached hydrogens (tertiary/aromatic N) is 1. The van der Waals surface area contributed by atoms with Crippen molar-refractivity contribution in [3.8, 4) is 17.2 Å². The van der Waals surface area contributed by atoms with E-state index in [1.165, 1.54) is 13.3 Å². The molecule has 2 aromatic rings. The molecule has 0 radical (unpaired) electrons. The van der Waals surface area contributed by atoms with Gasteiger partial charge in [-0.25, -0.2) is 5.43 Å². The number of ether oxygens (including phenoxy) is 3. The molecule has 0 aliphatic rings. The van der Waals surface area contributed by atoms with Crippen LogP contribution < -0.4 is 25.0 Å². The van der Waals surface area contributed by atoms with Crippen molar-refractivity contribution in [3.63, 3.8) is 0 Å². The van der Waals surface area contributed by atoms with E-state index in [9.17, 15) is 9.59 Å². The number of anilines is 1. The van der Waals surface area contributed by atoms with E-state index >= 15 is 0 Å². The molecule has 0 aliphatic heterocycles. The molecule has 0 aliphatic carbocycles. The summed E-state index contributed by atoms with van der Waals surface area (Å²) in [5, 5.41) is 6.72. The number of rotatable bonds is 9. The van der Waals surface area contributed by atoms with E-state index in [0.29, 0.717) is 28.5 Å². The maximum atomic E-state index is 12.7. The second-order valence-electron chi connectivity index (χ2n) is 6.79. The average Bonchev–Trinajstić information content (AvgIpc) is 2.73. The highest BCUT2D eigenvalue weighted by Crippen LogP contribution is 2.26. The van der Waals surface area contributed by atoms with Gasteiger partial charge in [0.1, 0.15) is 11.7 Å². The minimum atomic E-state index is -0.908. The zero-order valence-corrected chi connectivity index (χ0v) is 17.8. The number of hydrogen-bond acceptors (Lipinski definition) is 6. The van der Waals surface area contributed by atoms with Gasteiger partial charge in [0.15, 0.2) is 11.5 Å². The first-order valence-corrected chi connectivity index (χ1v) is 9.39. The summed E-state index contributed by atoms with van der Waals surface area (Å²) < 4.78 is 15.5. The number of methoxy groups -OCH3 is 3. The van der Waals surface area contributed by atoms with Gasteiger partial charge in [-0.05, 0) is 53.9 Å². The molecule has 0 heterocycles. The van der Waals surface area contributed by atoms with Crippen LogP contribution in [0.2, 0.25) is 0 Å². The third kappa shape index (κ3) is 5.97. The fourth-order valence-electron chi connectivity index (χ4n) is 2.79. The van der Waals surface area contributed by atoms with Crippen molar-refractivity contribution in [1.29, 1.82) is 0 Å². The molecule has 0 saturated heterocycles. The fourth-order valence-corrected chi connectivity index (χ4v) is 2.79. The van der Waals surface area contributed by atoms with Crippen molar-refractivity contribution in [3.05, 3.63) is 48.0 Å². The number of nitrogens with one attached hydrogen (secondary N) is 2. The molecule has 160 valence electrons. The number of benzene rings is 2. The summed E-state index contributed by atoms with van der Waals surface area (Å²) in [7, 11) is 4.65. The van der Waals surface area contributed by atoms with Crippen molar-refractivity contribution in [2.45, 2.75) is 13.8 Å². The van der Waals surface area contributed by atoms with Gasteiger partial charge < -0.3 is 19.5 Å². The van der Waals surface area contributed by atoms with Gasteiger partial charge >= 0.3 is 0 Å². The molecule has 2 N–H and O–H groups in total. The molecule has 1 unspecified atom stereocenters. The molecule has 0 saturated carbocycles. The summed E-state index contributed by atoms with van der Waals surface area (Å²) in [6.45, 7) is 3.60. The lowest BCUT2D eigenvalue weighted by molar-refractivity contribution is -0.134. The quantitative estimate of drug-likeness (QED) is 0.374. The van der Waals surface area contributed by atoms with Gasteiger partial charge in [-0.2, -0.15) is 5.10 Å². The molecular formula is C22H27N3O5. The topological polar surface area (TPSA) is 98.2 Å². The standard InChI is InChI=1S/C22H27N3O5/c1-14(2)20(21(26)24-16-7-9-17(28-3)10-8-16)22(27)25-23-13-15-6-11-18(29-4)19(12-15)30-5/h6-14,20H,1-5H3,(H,24,26)(H,25,27). The number of carbonyl (C=O) groups excluding carboxylic acids is 2. The van der Waals surface area contributed by atoms with E-state index < -0.39 is 17.7 Å². The van der Waals surface area contributed by atoms with Crippen LogP contribution in [-0.4, -0.2) is 39.4 Å². The van der Waals surface area contributed by atoms with Crippen molar-refractivity contribution >= 4 is 23.7 Å². The zero-order valence-electron chi connectivity index (χ0n) is 17.8. The lowest BCUT2D eigenvalue weighted by atomic mass is 9.94. The molecule has 0 bridgehead atoms. The smallest absolute Gasteiger partial charge is 0.252 e. The molecule has 2 aromatic carbocycles. The van der Waals surface area contributed by atoms with Crippen LogP contribution in [0.1, 0.15) is 19.4 Å². The Morgan fingerprint density at radius 2 is 1.57 bits per heavy atom. The van der Waals surface area contributed by atoms with E-state index in [0.717, 1.165) is 0 Å². The summed E-state index contributed by atoms with van der Waals surface area (Å²) >= 11 is 0. The fraction of sp³-hybridized carbons (Fsp3) is 0.318. The van der Waals surface area contributed by atoms with Crippen LogP contribution in [0, 0.1) is 11.8 Å². The van der Waals surface area contributed by atoms with Crippen LogP contribution in [-0.2, 0) is 9.59 Å². The molecule has 2 amide bonds. The molecule has 8 nitrogen and oxygen atoms in total. The first kappa shape index (κ1) is 22.7. The van der Waals surface area contributed by atoms with Gasteiger partial charge in [0, 0.05) is 5.69 Å². The van der Waals surface area contributed by atoms with E-state index in [-0.39, 0.29) is 5.92 Å². The monoisotopic (exact) mass is 413 g/mol. The molecule has 1 atom stereocenters. The number of hydrogen-bond donors (Lipinski definition) is 2. The van der Waals surface area contributed by atoms with Crippen LogP contribution in [0.3, 0.4) is 0 Å². The molecule has 2 rings (SSSR count). The summed E-state index contributed by atoms with van der Waals surface area (Å²) in [5.74, 6) is -0.216.